The van der Waals surface area contributed by atoms with Gasteiger partial charge < -0.3 is 5.32 Å². The van der Waals surface area contributed by atoms with Gasteiger partial charge in [-0.3, -0.25) is 4.79 Å². The van der Waals surface area contributed by atoms with E-state index in [-0.39, 0.29) is 17.1 Å². The van der Waals surface area contributed by atoms with Crippen LogP contribution in [0.15, 0.2) is 48.8 Å². The predicted octanol–water partition coefficient (Wildman–Crippen LogP) is 4.42. The lowest BCUT2D eigenvalue weighted by Crippen LogP contribution is -2.18. The van der Waals surface area contributed by atoms with Crippen LogP contribution in [0.3, 0.4) is 0 Å². The van der Waals surface area contributed by atoms with Crippen molar-refractivity contribution in [1.29, 1.82) is 0 Å². The van der Waals surface area contributed by atoms with Crippen molar-refractivity contribution >= 4 is 11.7 Å². The van der Waals surface area contributed by atoms with Crippen LogP contribution in [0, 0.1) is 5.82 Å². The van der Waals surface area contributed by atoms with Gasteiger partial charge in [0.05, 0.1) is 11.4 Å². The summed E-state index contributed by atoms with van der Waals surface area (Å²) in [6.07, 6.45) is 6.87. The summed E-state index contributed by atoms with van der Waals surface area (Å²) in [5.41, 5.74) is 3.61. The number of aromatic nitrogens is 6. The Morgan fingerprint density at radius 3 is 2.41 bits per heavy atom. The Morgan fingerprint density at radius 2 is 1.71 bits per heavy atom. The molecule has 1 N–H and O–H groups in total. The quantitative estimate of drug-likeness (QED) is 0.488. The first kappa shape index (κ1) is 21.9. The molecule has 0 saturated carbocycles. The minimum Gasteiger partial charge on any atom is -0.305 e. The van der Waals surface area contributed by atoms with Crippen LogP contribution in [0.25, 0.3) is 11.6 Å². The third-order valence-electron chi connectivity index (χ3n) is 5.93. The fourth-order valence-corrected chi connectivity index (χ4v) is 4.14. The number of hydrogen-bond acceptors (Lipinski definition) is 5. The monoisotopic (exact) mass is 459 g/mol. The molecule has 0 radical (unpaired) electrons. The van der Waals surface area contributed by atoms with Gasteiger partial charge in [0.2, 0.25) is 0 Å². The molecular formula is C25H26FN7O. The number of anilines is 1. The molecule has 5 rings (SSSR count). The van der Waals surface area contributed by atoms with Crippen molar-refractivity contribution in [2.75, 3.05) is 5.32 Å². The molecule has 0 atom stereocenters. The number of nitrogens with one attached hydrogen (secondary N) is 1. The maximum absolute atomic E-state index is 13.5. The topological polar surface area (TPSA) is 90.5 Å². The Bertz CT molecular complexity index is 1330. The van der Waals surface area contributed by atoms with Gasteiger partial charge in [0, 0.05) is 35.1 Å². The summed E-state index contributed by atoms with van der Waals surface area (Å²) >= 11 is 0. The van der Waals surface area contributed by atoms with Gasteiger partial charge in [0.25, 0.3) is 11.9 Å². The number of carbonyl (C=O) groups is 1. The maximum atomic E-state index is 13.5. The fourth-order valence-electron chi connectivity index (χ4n) is 4.14. The molecule has 174 valence electrons. The molecule has 0 bridgehead atoms. The molecule has 0 spiro atoms. The molecule has 0 saturated heterocycles. The van der Waals surface area contributed by atoms with Crippen LogP contribution in [0.5, 0.6) is 0 Å². The molecule has 34 heavy (non-hydrogen) atoms. The highest BCUT2D eigenvalue weighted by Gasteiger charge is 2.28. The van der Waals surface area contributed by atoms with E-state index in [1.165, 1.54) is 12.1 Å². The number of nitrogens with zero attached hydrogens (tertiary/aromatic N) is 6. The lowest BCUT2D eigenvalue weighted by atomic mass is 9.92. The van der Waals surface area contributed by atoms with Gasteiger partial charge in [-0.05, 0) is 56.0 Å². The fraction of sp³-hybridized carbons (Fsp3) is 0.320. The maximum Gasteiger partial charge on any atom is 0.277 e. The van der Waals surface area contributed by atoms with E-state index in [0.717, 1.165) is 48.3 Å². The molecular weight excluding hydrogens is 433 g/mol. The first-order chi connectivity index (χ1) is 16.3. The van der Waals surface area contributed by atoms with E-state index >= 15 is 0 Å². The van der Waals surface area contributed by atoms with Crippen LogP contribution in [-0.4, -0.2) is 35.4 Å². The van der Waals surface area contributed by atoms with Crippen molar-refractivity contribution in [3.63, 3.8) is 0 Å². The van der Waals surface area contributed by atoms with Crippen molar-refractivity contribution in [1.82, 2.24) is 29.5 Å². The van der Waals surface area contributed by atoms with Crippen molar-refractivity contribution in [3.05, 3.63) is 77.3 Å². The highest BCUT2D eigenvalue weighted by atomic mass is 19.1. The van der Waals surface area contributed by atoms with E-state index in [9.17, 15) is 9.18 Å². The van der Waals surface area contributed by atoms with Gasteiger partial charge in [-0.25, -0.2) is 19.0 Å². The zero-order valence-electron chi connectivity index (χ0n) is 19.4. The molecule has 0 aliphatic heterocycles. The summed E-state index contributed by atoms with van der Waals surface area (Å²) in [6.45, 7) is 6.16. The molecule has 1 aliphatic rings. The van der Waals surface area contributed by atoms with E-state index < -0.39 is 0 Å². The molecule has 4 aromatic rings. The minimum atomic E-state index is -0.323. The van der Waals surface area contributed by atoms with Crippen LogP contribution < -0.4 is 5.32 Å². The minimum absolute atomic E-state index is 0.233. The van der Waals surface area contributed by atoms with Crippen molar-refractivity contribution in [3.8, 4) is 11.6 Å². The molecule has 3 aromatic heterocycles. The Kier molecular flexibility index (Phi) is 5.47. The van der Waals surface area contributed by atoms with Crippen molar-refractivity contribution < 1.29 is 9.18 Å². The summed E-state index contributed by atoms with van der Waals surface area (Å²) in [5, 5.41) is 12.3. The van der Waals surface area contributed by atoms with Crippen LogP contribution >= 0.6 is 0 Å². The SMILES string of the molecule is CC(C)(C)c1cc(NC(=O)c2nn(-c3ccc(F)cc3)c3c2CCCC3)n(-c2ncccn2)n1. The largest absolute Gasteiger partial charge is 0.305 e. The van der Waals surface area contributed by atoms with Crippen LogP contribution in [-0.2, 0) is 18.3 Å². The molecule has 1 aromatic carbocycles. The van der Waals surface area contributed by atoms with E-state index in [2.05, 4.69) is 46.3 Å². The molecule has 3 heterocycles. The molecule has 0 unspecified atom stereocenters. The molecule has 8 nitrogen and oxygen atoms in total. The predicted molar refractivity (Wildman–Crippen MR) is 126 cm³/mol. The standard InChI is InChI=1S/C25H26FN7O/c1-25(2,3)20-15-21(33(30-20)24-27-13-6-14-28-24)29-23(34)22-18-7-4-5-8-19(18)32(31-22)17-11-9-16(26)10-12-17/h6,9-15H,4-5,7-8H2,1-3H3,(H,29,34). The van der Waals surface area contributed by atoms with Crippen LogP contribution in [0.2, 0.25) is 0 Å². The second-order valence-electron chi connectivity index (χ2n) is 9.45. The van der Waals surface area contributed by atoms with E-state index in [0.29, 0.717) is 17.5 Å². The Balaban J connectivity index is 1.54. The Morgan fingerprint density at radius 1 is 1.00 bits per heavy atom. The average molecular weight is 460 g/mol. The van der Waals surface area contributed by atoms with Gasteiger partial charge in [0.1, 0.15) is 11.6 Å². The second kappa shape index (κ2) is 8.48. The van der Waals surface area contributed by atoms with Gasteiger partial charge in [-0.2, -0.15) is 14.9 Å². The first-order valence-corrected chi connectivity index (χ1v) is 11.4. The number of hydrogen-bond donors (Lipinski definition) is 1. The van der Waals surface area contributed by atoms with E-state index in [1.807, 2.05) is 6.07 Å². The van der Waals surface area contributed by atoms with Gasteiger partial charge in [0.15, 0.2) is 5.69 Å². The summed E-state index contributed by atoms with van der Waals surface area (Å²) in [5.74, 6) is 0.208. The zero-order chi connectivity index (χ0) is 23.9. The molecule has 1 aliphatic carbocycles. The summed E-state index contributed by atoms with van der Waals surface area (Å²) in [4.78, 5) is 22.1. The van der Waals surface area contributed by atoms with Gasteiger partial charge in [-0.15, -0.1) is 0 Å². The molecule has 1 amide bonds. The van der Waals surface area contributed by atoms with Gasteiger partial charge >= 0.3 is 0 Å². The first-order valence-electron chi connectivity index (χ1n) is 11.4. The number of fused-ring (bicyclic) bond motifs is 1. The van der Waals surface area contributed by atoms with E-state index in [1.54, 1.807) is 40.0 Å². The summed E-state index contributed by atoms with van der Waals surface area (Å²) < 4.78 is 16.8. The normalized spacial score (nSPS) is 13.5. The number of rotatable bonds is 4. The van der Waals surface area contributed by atoms with Crippen LogP contribution in [0.4, 0.5) is 10.2 Å². The number of amides is 1. The third-order valence-corrected chi connectivity index (χ3v) is 5.93. The van der Waals surface area contributed by atoms with Crippen molar-refractivity contribution in [2.45, 2.75) is 51.9 Å². The van der Waals surface area contributed by atoms with Crippen LogP contribution in [0.1, 0.15) is 61.1 Å². The van der Waals surface area contributed by atoms with Gasteiger partial charge in [-0.1, -0.05) is 20.8 Å². The lowest BCUT2D eigenvalue weighted by molar-refractivity contribution is 0.102. The highest BCUT2D eigenvalue weighted by molar-refractivity contribution is 6.03. The zero-order valence-corrected chi connectivity index (χ0v) is 19.4. The molecule has 0 fully saturated rings. The Labute approximate surface area is 196 Å². The number of halogens is 1. The summed E-state index contributed by atoms with van der Waals surface area (Å²) in [7, 11) is 0. The van der Waals surface area contributed by atoms with E-state index in [4.69, 9.17) is 0 Å². The highest BCUT2D eigenvalue weighted by Crippen LogP contribution is 2.29. The summed E-state index contributed by atoms with van der Waals surface area (Å²) in [6, 6.07) is 9.73. The third kappa shape index (κ3) is 4.09. The molecule has 9 heteroatoms. The van der Waals surface area contributed by atoms with Crippen molar-refractivity contribution in [2.24, 2.45) is 0 Å². The smallest absolute Gasteiger partial charge is 0.277 e. The Hall–Kier alpha value is -3.88. The number of benzene rings is 1. The average Bonchev–Trinajstić information content (AvgIpc) is 3.42. The number of carbonyl (C=O) groups excluding carboxylic acids is 1. The lowest BCUT2D eigenvalue weighted by Gasteiger charge is -2.14. The second-order valence-corrected chi connectivity index (χ2v) is 9.45.